The molecule has 0 fully saturated rings. The van der Waals surface area contributed by atoms with Gasteiger partial charge < -0.3 is 5.32 Å². The SMILES string of the molecule is CCCCCc1nnc(NC(=O)C(C)NC(=O)c2ccccc2)s1. The van der Waals surface area contributed by atoms with Gasteiger partial charge in [0.15, 0.2) is 0 Å². The largest absolute Gasteiger partial charge is 0.341 e. The van der Waals surface area contributed by atoms with Crippen LogP contribution in [0.1, 0.15) is 48.5 Å². The molecule has 7 heteroatoms. The highest BCUT2D eigenvalue weighted by molar-refractivity contribution is 7.15. The van der Waals surface area contributed by atoms with Crippen molar-refractivity contribution in [3.05, 3.63) is 40.9 Å². The Morgan fingerprint density at radius 3 is 2.62 bits per heavy atom. The Morgan fingerprint density at radius 1 is 1.17 bits per heavy atom. The number of hydrogen-bond donors (Lipinski definition) is 2. The predicted octanol–water partition coefficient (Wildman–Crippen LogP) is 3.03. The van der Waals surface area contributed by atoms with E-state index in [1.807, 2.05) is 6.07 Å². The first kappa shape index (κ1) is 18.1. The summed E-state index contributed by atoms with van der Waals surface area (Å²) in [4.78, 5) is 24.2. The number of carbonyl (C=O) groups excluding carboxylic acids is 2. The molecule has 24 heavy (non-hydrogen) atoms. The van der Waals surface area contributed by atoms with Crippen molar-refractivity contribution in [2.45, 2.75) is 45.6 Å². The monoisotopic (exact) mass is 346 g/mol. The minimum Gasteiger partial charge on any atom is -0.341 e. The van der Waals surface area contributed by atoms with Crippen LogP contribution in [-0.2, 0) is 11.2 Å². The first-order chi connectivity index (χ1) is 11.6. The first-order valence-corrected chi connectivity index (χ1v) is 8.91. The Hall–Kier alpha value is -2.28. The van der Waals surface area contributed by atoms with Gasteiger partial charge in [-0.05, 0) is 25.5 Å². The molecule has 1 aromatic heterocycles. The maximum Gasteiger partial charge on any atom is 0.251 e. The molecule has 1 heterocycles. The van der Waals surface area contributed by atoms with Gasteiger partial charge in [0.05, 0.1) is 0 Å². The topological polar surface area (TPSA) is 84.0 Å². The van der Waals surface area contributed by atoms with E-state index >= 15 is 0 Å². The summed E-state index contributed by atoms with van der Waals surface area (Å²) >= 11 is 1.38. The van der Waals surface area contributed by atoms with Crippen molar-refractivity contribution >= 4 is 28.3 Å². The first-order valence-electron chi connectivity index (χ1n) is 8.09. The quantitative estimate of drug-likeness (QED) is 0.720. The average Bonchev–Trinajstić information content (AvgIpc) is 3.03. The summed E-state index contributed by atoms with van der Waals surface area (Å²) in [6.07, 6.45) is 4.26. The van der Waals surface area contributed by atoms with E-state index in [0.717, 1.165) is 30.7 Å². The van der Waals surface area contributed by atoms with E-state index in [1.165, 1.54) is 11.3 Å². The summed E-state index contributed by atoms with van der Waals surface area (Å²) < 4.78 is 0. The van der Waals surface area contributed by atoms with E-state index in [9.17, 15) is 9.59 Å². The second-order valence-corrected chi connectivity index (χ2v) is 6.57. The lowest BCUT2D eigenvalue weighted by molar-refractivity contribution is -0.117. The van der Waals surface area contributed by atoms with Crippen LogP contribution in [0.5, 0.6) is 0 Å². The van der Waals surface area contributed by atoms with Crippen molar-refractivity contribution in [3.63, 3.8) is 0 Å². The summed E-state index contributed by atoms with van der Waals surface area (Å²) in [7, 11) is 0. The minimum atomic E-state index is -0.662. The zero-order chi connectivity index (χ0) is 17.4. The molecule has 2 aromatic rings. The molecule has 0 radical (unpaired) electrons. The van der Waals surface area contributed by atoms with Gasteiger partial charge in [0.25, 0.3) is 5.91 Å². The second-order valence-electron chi connectivity index (χ2n) is 5.51. The van der Waals surface area contributed by atoms with Gasteiger partial charge >= 0.3 is 0 Å². The van der Waals surface area contributed by atoms with Crippen LogP contribution >= 0.6 is 11.3 Å². The third-order valence-electron chi connectivity index (χ3n) is 3.47. The zero-order valence-electron chi connectivity index (χ0n) is 13.9. The van der Waals surface area contributed by atoms with Crippen LogP contribution in [0.3, 0.4) is 0 Å². The number of rotatable bonds is 8. The van der Waals surface area contributed by atoms with Gasteiger partial charge in [-0.3, -0.25) is 14.9 Å². The zero-order valence-corrected chi connectivity index (χ0v) is 14.7. The lowest BCUT2D eigenvalue weighted by Crippen LogP contribution is -2.41. The highest BCUT2D eigenvalue weighted by Gasteiger charge is 2.18. The molecule has 2 N–H and O–H groups in total. The van der Waals surface area contributed by atoms with Crippen molar-refractivity contribution in [1.82, 2.24) is 15.5 Å². The number of hydrogen-bond acceptors (Lipinski definition) is 5. The minimum absolute atomic E-state index is 0.282. The number of carbonyl (C=O) groups is 2. The van der Waals surface area contributed by atoms with E-state index in [4.69, 9.17) is 0 Å². The number of anilines is 1. The van der Waals surface area contributed by atoms with Crippen LogP contribution in [-0.4, -0.2) is 28.1 Å². The molecule has 0 aliphatic rings. The predicted molar refractivity (Wildman–Crippen MR) is 95.1 cm³/mol. The van der Waals surface area contributed by atoms with Gasteiger partial charge in [-0.2, -0.15) is 0 Å². The van der Waals surface area contributed by atoms with Crippen molar-refractivity contribution in [3.8, 4) is 0 Å². The van der Waals surface area contributed by atoms with Crippen LogP contribution < -0.4 is 10.6 Å². The number of unbranched alkanes of at least 4 members (excludes halogenated alkanes) is 2. The molecule has 6 nitrogen and oxygen atoms in total. The van der Waals surface area contributed by atoms with E-state index < -0.39 is 6.04 Å². The van der Waals surface area contributed by atoms with Crippen molar-refractivity contribution in [2.24, 2.45) is 0 Å². The van der Waals surface area contributed by atoms with Crippen LogP contribution in [0.4, 0.5) is 5.13 Å². The van der Waals surface area contributed by atoms with Gasteiger partial charge in [0, 0.05) is 12.0 Å². The molecule has 1 aromatic carbocycles. The lowest BCUT2D eigenvalue weighted by atomic mass is 10.2. The fourth-order valence-electron chi connectivity index (χ4n) is 2.08. The second kappa shape index (κ2) is 9.12. The smallest absolute Gasteiger partial charge is 0.251 e. The summed E-state index contributed by atoms with van der Waals surface area (Å²) in [6.45, 7) is 3.79. The molecule has 1 unspecified atom stereocenters. The van der Waals surface area contributed by atoms with Gasteiger partial charge in [0.2, 0.25) is 11.0 Å². The fourth-order valence-corrected chi connectivity index (χ4v) is 2.86. The maximum atomic E-state index is 12.2. The van der Waals surface area contributed by atoms with Crippen molar-refractivity contribution < 1.29 is 9.59 Å². The van der Waals surface area contributed by atoms with Crippen LogP contribution in [0.25, 0.3) is 0 Å². The van der Waals surface area contributed by atoms with E-state index in [0.29, 0.717) is 10.7 Å². The molecule has 0 aliphatic heterocycles. The van der Waals surface area contributed by atoms with Gasteiger partial charge in [-0.25, -0.2) is 0 Å². The molecule has 128 valence electrons. The molecule has 0 spiro atoms. The number of nitrogens with zero attached hydrogens (tertiary/aromatic N) is 2. The fraction of sp³-hybridized carbons (Fsp3) is 0.412. The Balaban J connectivity index is 1.84. The van der Waals surface area contributed by atoms with Crippen LogP contribution in [0.2, 0.25) is 0 Å². The molecule has 0 aliphatic carbocycles. The van der Waals surface area contributed by atoms with Crippen LogP contribution in [0, 0.1) is 0 Å². The van der Waals surface area contributed by atoms with Gasteiger partial charge in [-0.1, -0.05) is 49.3 Å². The highest BCUT2D eigenvalue weighted by Crippen LogP contribution is 2.17. The Bertz CT molecular complexity index is 672. The molecular formula is C17H22N4O2S. The van der Waals surface area contributed by atoms with Crippen LogP contribution in [0.15, 0.2) is 30.3 Å². The molecule has 2 rings (SSSR count). The molecule has 2 amide bonds. The number of nitrogens with one attached hydrogen (secondary N) is 2. The molecule has 0 saturated carbocycles. The van der Waals surface area contributed by atoms with E-state index in [2.05, 4.69) is 27.8 Å². The Kier molecular flexibility index (Phi) is 6.87. The summed E-state index contributed by atoms with van der Waals surface area (Å²) in [6, 6.07) is 8.13. The summed E-state index contributed by atoms with van der Waals surface area (Å²) in [5.74, 6) is -0.591. The van der Waals surface area contributed by atoms with Gasteiger partial charge in [-0.15, -0.1) is 10.2 Å². The molecule has 0 saturated heterocycles. The van der Waals surface area contributed by atoms with E-state index in [-0.39, 0.29) is 11.8 Å². The highest BCUT2D eigenvalue weighted by atomic mass is 32.1. The normalized spacial score (nSPS) is 11.8. The summed E-state index contributed by atoms with van der Waals surface area (Å²) in [5, 5.41) is 14.8. The summed E-state index contributed by atoms with van der Waals surface area (Å²) in [5.41, 5.74) is 0.520. The third kappa shape index (κ3) is 5.42. The number of benzene rings is 1. The number of amides is 2. The van der Waals surface area contributed by atoms with Crippen molar-refractivity contribution in [1.29, 1.82) is 0 Å². The van der Waals surface area contributed by atoms with Gasteiger partial charge in [0.1, 0.15) is 11.0 Å². The third-order valence-corrected chi connectivity index (χ3v) is 4.37. The Labute approximate surface area is 145 Å². The molecule has 1 atom stereocenters. The lowest BCUT2D eigenvalue weighted by Gasteiger charge is -2.12. The number of aromatic nitrogens is 2. The molecular weight excluding hydrogens is 324 g/mol. The molecule has 0 bridgehead atoms. The Morgan fingerprint density at radius 2 is 1.92 bits per heavy atom. The van der Waals surface area contributed by atoms with E-state index in [1.54, 1.807) is 31.2 Å². The number of aryl methyl sites for hydroxylation is 1. The van der Waals surface area contributed by atoms with Crippen molar-refractivity contribution in [2.75, 3.05) is 5.32 Å². The standard InChI is InChI=1S/C17H22N4O2S/c1-3-4-6-11-14-20-21-17(24-14)19-15(22)12(2)18-16(23)13-9-7-5-8-10-13/h5,7-10,12H,3-4,6,11H2,1-2H3,(H,18,23)(H,19,21,22). The average molecular weight is 346 g/mol. The maximum absolute atomic E-state index is 12.2.